The summed E-state index contributed by atoms with van der Waals surface area (Å²) in [6.07, 6.45) is 4.14. The SMILES string of the molecule is O=C(Cc1ccc(Cl)c(Cl)c1)N(Cc1cccnc1)C[C@@H](c1ccccc1)N1CC[C@H](O)C1. The Morgan fingerprint density at radius 3 is 2.58 bits per heavy atom. The van der Waals surface area contributed by atoms with Crippen molar-refractivity contribution in [2.45, 2.75) is 31.5 Å². The number of carbonyl (C=O) groups is 1. The number of aliphatic hydroxyl groups is 1. The minimum Gasteiger partial charge on any atom is -0.392 e. The first-order chi connectivity index (χ1) is 16.0. The van der Waals surface area contributed by atoms with Crippen LogP contribution in [0.1, 0.15) is 29.2 Å². The number of β-amino-alcohol motifs (C(OH)–C–C–N with tert-alkyl or cyclic N) is 1. The zero-order chi connectivity index (χ0) is 23.2. The summed E-state index contributed by atoms with van der Waals surface area (Å²) in [5.41, 5.74) is 2.91. The smallest absolute Gasteiger partial charge is 0.227 e. The zero-order valence-corrected chi connectivity index (χ0v) is 19.8. The molecule has 0 aliphatic carbocycles. The monoisotopic (exact) mass is 483 g/mol. The van der Waals surface area contributed by atoms with Gasteiger partial charge in [-0.15, -0.1) is 0 Å². The molecule has 2 heterocycles. The van der Waals surface area contributed by atoms with Crippen LogP contribution in [0, 0.1) is 0 Å². The zero-order valence-electron chi connectivity index (χ0n) is 18.3. The maximum Gasteiger partial charge on any atom is 0.227 e. The third-order valence-corrected chi connectivity index (χ3v) is 6.74. The Morgan fingerprint density at radius 1 is 1.09 bits per heavy atom. The number of benzene rings is 2. The number of hydrogen-bond acceptors (Lipinski definition) is 4. The molecule has 33 heavy (non-hydrogen) atoms. The molecule has 1 aliphatic rings. The van der Waals surface area contributed by atoms with Gasteiger partial charge < -0.3 is 10.0 Å². The number of amides is 1. The first-order valence-corrected chi connectivity index (χ1v) is 11.8. The number of hydrogen-bond donors (Lipinski definition) is 1. The molecule has 5 nitrogen and oxygen atoms in total. The molecule has 0 saturated carbocycles. The maximum absolute atomic E-state index is 13.5. The third kappa shape index (κ3) is 6.33. The minimum absolute atomic E-state index is 0.00193. The third-order valence-electron chi connectivity index (χ3n) is 6.00. The molecular formula is C26H27Cl2N3O2. The van der Waals surface area contributed by atoms with Crippen molar-refractivity contribution in [3.63, 3.8) is 0 Å². The average molecular weight is 484 g/mol. The van der Waals surface area contributed by atoms with Crippen LogP contribution < -0.4 is 0 Å². The normalized spacial score (nSPS) is 17.1. The molecule has 1 aliphatic heterocycles. The quantitative estimate of drug-likeness (QED) is 0.501. The van der Waals surface area contributed by atoms with Crippen LogP contribution in [0.15, 0.2) is 73.1 Å². The number of likely N-dealkylation sites (tertiary alicyclic amines) is 1. The van der Waals surface area contributed by atoms with Gasteiger partial charge in [0, 0.05) is 38.6 Å². The van der Waals surface area contributed by atoms with Crippen LogP contribution in [-0.4, -0.2) is 51.5 Å². The Balaban J connectivity index is 1.60. The fourth-order valence-electron chi connectivity index (χ4n) is 4.27. The second-order valence-electron chi connectivity index (χ2n) is 8.42. The molecule has 0 spiro atoms. The molecule has 3 aromatic rings. The van der Waals surface area contributed by atoms with E-state index < -0.39 is 0 Å². The van der Waals surface area contributed by atoms with Gasteiger partial charge in [-0.05, 0) is 41.3 Å². The van der Waals surface area contributed by atoms with Gasteiger partial charge in [-0.25, -0.2) is 0 Å². The molecule has 4 rings (SSSR count). The van der Waals surface area contributed by atoms with Crippen molar-refractivity contribution in [3.05, 3.63) is 99.8 Å². The van der Waals surface area contributed by atoms with E-state index >= 15 is 0 Å². The topological polar surface area (TPSA) is 56.7 Å². The molecule has 1 aromatic heterocycles. The summed E-state index contributed by atoms with van der Waals surface area (Å²) in [4.78, 5) is 21.9. The standard InChI is InChI=1S/C26H27Cl2N3O2/c27-23-9-8-19(13-24(23)28)14-26(33)31(16-20-5-4-11-29-15-20)18-25(21-6-2-1-3-7-21)30-12-10-22(32)17-30/h1-9,11,13,15,22,25,32H,10,12,14,16-18H2/t22-,25-/m0/s1. The second-order valence-corrected chi connectivity index (χ2v) is 9.24. The van der Waals surface area contributed by atoms with Gasteiger partial charge in [-0.3, -0.25) is 14.7 Å². The van der Waals surface area contributed by atoms with Gasteiger partial charge in [0.15, 0.2) is 0 Å². The average Bonchev–Trinajstić information content (AvgIpc) is 3.26. The molecule has 0 bridgehead atoms. The Hall–Kier alpha value is -2.44. The van der Waals surface area contributed by atoms with E-state index in [2.05, 4.69) is 22.0 Å². The first kappa shape index (κ1) is 23.7. The van der Waals surface area contributed by atoms with Crippen LogP contribution in [0.25, 0.3) is 0 Å². The van der Waals surface area contributed by atoms with E-state index in [1.807, 2.05) is 41.3 Å². The summed E-state index contributed by atoms with van der Waals surface area (Å²) in [7, 11) is 0. The lowest BCUT2D eigenvalue weighted by Crippen LogP contribution is -2.41. The summed E-state index contributed by atoms with van der Waals surface area (Å²) in [6, 6.07) is 19.3. The van der Waals surface area contributed by atoms with Crippen LogP contribution in [0.5, 0.6) is 0 Å². The van der Waals surface area contributed by atoms with Crippen molar-refractivity contribution in [1.82, 2.24) is 14.8 Å². The number of aliphatic hydroxyl groups excluding tert-OH is 1. The molecule has 7 heteroatoms. The number of pyridine rings is 1. The summed E-state index contributed by atoms with van der Waals surface area (Å²) >= 11 is 12.2. The van der Waals surface area contributed by atoms with Crippen molar-refractivity contribution in [3.8, 4) is 0 Å². The molecule has 1 N–H and O–H groups in total. The van der Waals surface area contributed by atoms with Gasteiger partial charge in [0.05, 0.1) is 28.6 Å². The van der Waals surface area contributed by atoms with Crippen molar-refractivity contribution < 1.29 is 9.90 Å². The molecule has 0 unspecified atom stereocenters. The van der Waals surface area contributed by atoms with E-state index in [0.29, 0.717) is 29.7 Å². The Kier molecular flexibility index (Phi) is 7.99. The molecule has 1 fully saturated rings. The van der Waals surface area contributed by atoms with Crippen molar-refractivity contribution in [2.75, 3.05) is 19.6 Å². The number of aromatic nitrogens is 1. The van der Waals surface area contributed by atoms with Crippen molar-refractivity contribution in [2.24, 2.45) is 0 Å². The molecule has 1 amide bonds. The van der Waals surface area contributed by atoms with Crippen LogP contribution in [-0.2, 0) is 17.8 Å². The molecule has 2 aromatic carbocycles. The molecule has 2 atom stereocenters. The van der Waals surface area contributed by atoms with Gasteiger partial charge >= 0.3 is 0 Å². The molecular weight excluding hydrogens is 457 g/mol. The highest BCUT2D eigenvalue weighted by atomic mass is 35.5. The largest absolute Gasteiger partial charge is 0.392 e. The van der Waals surface area contributed by atoms with Gasteiger partial charge in [-0.1, -0.05) is 65.7 Å². The van der Waals surface area contributed by atoms with Crippen LogP contribution in [0.4, 0.5) is 0 Å². The van der Waals surface area contributed by atoms with E-state index in [9.17, 15) is 9.90 Å². The van der Waals surface area contributed by atoms with E-state index in [0.717, 1.165) is 29.7 Å². The van der Waals surface area contributed by atoms with E-state index in [4.69, 9.17) is 23.2 Å². The summed E-state index contributed by atoms with van der Waals surface area (Å²) in [6.45, 7) is 2.35. The summed E-state index contributed by atoms with van der Waals surface area (Å²) in [5.74, 6) is -0.00193. The van der Waals surface area contributed by atoms with E-state index in [-0.39, 0.29) is 24.5 Å². The van der Waals surface area contributed by atoms with Crippen LogP contribution in [0.3, 0.4) is 0 Å². The van der Waals surface area contributed by atoms with Gasteiger partial charge in [0.25, 0.3) is 0 Å². The number of halogens is 2. The lowest BCUT2D eigenvalue weighted by atomic mass is 10.0. The Labute approximate surface area is 204 Å². The van der Waals surface area contributed by atoms with Crippen LogP contribution in [0.2, 0.25) is 10.0 Å². The fourth-order valence-corrected chi connectivity index (χ4v) is 4.59. The highest BCUT2D eigenvalue weighted by Gasteiger charge is 2.30. The van der Waals surface area contributed by atoms with Gasteiger partial charge in [0.2, 0.25) is 5.91 Å². The number of carbonyl (C=O) groups excluding carboxylic acids is 1. The summed E-state index contributed by atoms with van der Waals surface area (Å²) in [5, 5.41) is 11.1. The Morgan fingerprint density at radius 2 is 1.91 bits per heavy atom. The predicted octanol–water partition coefficient (Wildman–Crippen LogP) is 4.77. The highest BCUT2D eigenvalue weighted by molar-refractivity contribution is 6.42. The van der Waals surface area contributed by atoms with Crippen molar-refractivity contribution >= 4 is 29.1 Å². The fraction of sp³-hybridized carbons (Fsp3) is 0.308. The minimum atomic E-state index is -0.338. The molecule has 1 saturated heterocycles. The maximum atomic E-state index is 13.5. The summed E-state index contributed by atoms with van der Waals surface area (Å²) < 4.78 is 0. The lowest BCUT2D eigenvalue weighted by Gasteiger charge is -2.34. The van der Waals surface area contributed by atoms with Gasteiger partial charge in [0.1, 0.15) is 0 Å². The molecule has 0 radical (unpaired) electrons. The molecule has 172 valence electrons. The highest BCUT2D eigenvalue weighted by Crippen LogP contribution is 2.28. The van der Waals surface area contributed by atoms with Gasteiger partial charge in [-0.2, -0.15) is 0 Å². The lowest BCUT2D eigenvalue weighted by molar-refractivity contribution is -0.132. The van der Waals surface area contributed by atoms with Crippen molar-refractivity contribution in [1.29, 1.82) is 0 Å². The van der Waals surface area contributed by atoms with Crippen LogP contribution >= 0.6 is 23.2 Å². The number of nitrogens with zero attached hydrogens (tertiary/aromatic N) is 3. The Bertz CT molecular complexity index is 1070. The second kappa shape index (κ2) is 11.1. The predicted molar refractivity (Wildman–Crippen MR) is 131 cm³/mol. The van der Waals surface area contributed by atoms with E-state index in [1.54, 1.807) is 24.5 Å². The van der Waals surface area contributed by atoms with E-state index in [1.165, 1.54) is 0 Å². The first-order valence-electron chi connectivity index (χ1n) is 11.1. The number of rotatable bonds is 8.